The van der Waals surface area contributed by atoms with Crippen molar-refractivity contribution in [3.8, 4) is 0 Å². The first-order chi connectivity index (χ1) is 9.63. The smallest absolute Gasteiger partial charge is 0.270 e. The topological polar surface area (TPSA) is 88.6 Å². The average molecular weight is 275 g/mol. The molecule has 0 unspecified atom stereocenters. The predicted octanol–water partition coefficient (Wildman–Crippen LogP) is 1.93. The van der Waals surface area contributed by atoms with Crippen molar-refractivity contribution in [3.63, 3.8) is 0 Å². The molecule has 0 aliphatic carbocycles. The van der Waals surface area contributed by atoms with Gasteiger partial charge in [0.15, 0.2) is 17.7 Å². The Balaban J connectivity index is 2.23. The number of rotatable bonds is 5. The highest BCUT2D eigenvalue weighted by molar-refractivity contribution is 5.83. The first-order valence-electron chi connectivity index (χ1n) is 5.56. The Morgan fingerprint density at radius 1 is 1.40 bits per heavy atom. The fourth-order valence-electron chi connectivity index (χ4n) is 1.51. The van der Waals surface area contributed by atoms with Crippen molar-refractivity contribution >= 4 is 18.7 Å². The predicted molar refractivity (Wildman–Crippen MR) is 68.7 cm³/mol. The van der Waals surface area contributed by atoms with Gasteiger partial charge in [0.1, 0.15) is 5.82 Å². The van der Waals surface area contributed by atoms with E-state index in [0.29, 0.717) is 6.42 Å². The number of aliphatic hydroxyl groups excluding tert-OH is 1. The maximum atomic E-state index is 12.8. The number of benzene rings is 1. The third kappa shape index (κ3) is 2.94. The standard InChI is InChI=1S/C13H10FN3O3/c1-15-12(10(19)7-18)13-17-16-11(20-13)6-8-2-4-9(14)5-3-8/h2-5,7,19H,1,6H2/b12-10+. The number of hydrogen-bond donors (Lipinski definition) is 1. The van der Waals surface area contributed by atoms with Crippen LogP contribution < -0.4 is 0 Å². The molecule has 0 radical (unpaired) electrons. The molecule has 6 nitrogen and oxygen atoms in total. The molecule has 1 heterocycles. The van der Waals surface area contributed by atoms with Gasteiger partial charge in [0, 0.05) is 0 Å². The third-order valence-electron chi connectivity index (χ3n) is 2.45. The first kappa shape index (κ1) is 13.6. The average Bonchev–Trinajstić information content (AvgIpc) is 2.90. The van der Waals surface area contributed by atoms with Crippen LogP contribution in [0.3, 0.4) is 0 Å². The summed E-state index contributed by atoms with van der Waals surface area (Å²) in [5.74, 6) is -0.845. The maximum absolute atomic E-state index is 12.8. The lowest BCUT2D eigenvalue weighted by molar-refractivity contribution is -0.106. The van der Waals surface area contributed by atoms with Crippen LogP contribution in [0, 0.1) is 5.82 Å². The molecule has 0 bridgehead atoms. The molecule has 2 aromatic rings. The molecule has 1 aromatic heterocycles. The third-order valence-corrected chi connectivity index (χ3v) is 2.45. The molecule has 1 aromatic carbocycles. The van der Waals surface area contributed by atoms with E-state index < -0.39 is 5.76 Å². The van der Waals surface area contributed by atoms with Crippen LogP contribution in [0.5, 0.6) is 0 Å². The quantitative estimate of drug-likeness (QED) is 0.390. The molecule has 0 saturated carbocycles. The molecule has 7 heteroatoms. The van der Waals surface area contributed by atoms with Gasteiger partial charge in [-0.15, -0.1) is 10.2 Å². The summed E-state index contributed by atoms with van der Waals surface area (Å²) in [6.45, 7) is 3.21. The van der Waals surface area contributed by atoms with Crippen LogP contribution in [-0.2, 0) is 11.2 Å². The Kier molecular flexibility index (Phi) is 3.99. The van der Waals surface area contributed by atoms with Crippen molar-refractivity contribution < 1.29 is 18.7 Å². The van der Waals surface area contributed by atoms with Gasteiger partial charge >= 0.3 is 0 Å². The second kappa shape index (κ2) is 5.87. The van der Waals surface area contributed by atoms with Crippen LogP contribution in [0.25, 0.3) is 5.70 Å². The molecular formula is C13H10FN3O3. The van der Waals surface area contributed by atoms with Crippen molar-refractivity contribution in [1.29, 1.82) is 0 Å². The number of aldehydes is 1. The van der Waals surface area contributed by atoms with E-state index in [0.717, 1.165) is 5.56 Å². The Morgan fingerprint density at radius 2 is 2.10 bits per heavy atom. The van der Waals surface area contributed by atoms with E-state index in [4.69, 9.17) is 4.42 Å². The number of allylic oxidation sites excluding steroid dienone is 1. The van der Waals surface area contributed by atoms with Gasteiger partial charge in [-0.3, -0.25) is 9.79 Å². The number of aliphatic hydroxyl groups is 1. The summed E-state index contributed by atoms with van der Waals surface area (Å²) >= 11 is 0. The van der Waals surface area contributed by atoms with E-state index in [2.05, 4.69) is 21.9 Å². The van der Waals surface area contributed by atoms with Gasteiger partial charge in [0.2, 0.25) is 5.89 Å². The van der Waals surface area contributed by atoms with Crippen LogP contribution in [0.4, 0.5) is 4.39 Å². The van der Waals surface area contributed by atoms with Crippen LogP contribution in [0.2, 0.25) is 0 Å². The molecule has 102 valence electrons. The highest BCUT2D eigenvalue weighted by Crippen LogP contribution is 2.18. The van der Waals surface area contributed by atoms with E-state index in [9.17, 15) is 14.3 Å². The van der Waals surface area contributed by atoms with Crippen LogP contribution in [0.15, 0.2) is 39.4 Å². The number of hydrogen-bond acceptors (Lipinski definition) is 6. The monoisotopic (exact) mass is 275 g/mol. The Morgan fingerprint density at radius 3 is 2.70 bits per heavy atom. The minimum Gasteiger partial charge on any atom is -0.503 e. The van der Waals surface area contributed by atoms with Gasteiger partial charge < -0.3 is 9.52 Å². The van der Waals surface area contributed by atoms with E-state index in [1.54, 1.807) is 12.1 Å². The van der Waals surface area contributed by atoms with Crippen LogP contribution in [0.1, 0.15) is 17.3 Å². The molecule has 0 aliphatic heterocycles. The molecule has 0 saturated heterocycles. The van der Waals surface area contributed by atoms with E-state index in [1.807, 2.05) is 0 Å². The van der Waals surface area contributed by atoms with E-state index in [1.165, 1.54) is 12.1 Å². The maximum Gasteiger partial charge on any atom is 0.270 e. The second-order valence-electron chi connectivity index (χ2n) is 3.81. The van der Waals surface area contributed by atoms with Gasteiger partial charge in [-0.1, -0.05) is 12.1 Å². The molecule has 0 amide bonds. The van der Waals surface area contributed by atoms with E-state index >= 15 is 0 Å². The van der Waals surface area contributed by atoms with Crippen LogP contribution >= 0.6 is 0 Å². The summed E-state index contributed by atoms with van der Waals surface area (Å²) in [4.78, 5) is 14.0. The summed E-state index contributed by atoms with van der Waals surface area (Å²) in [7, 11) is 0. The van der Waals surface area contributed by atoms with Crippen molar-refractivity contribution in [2.75, 3.05) is 0 Å². The van der Waals surface area contributed by atoms with Gasteiger partial charge in [0.25, 0.3) is 5.89 Å². The molecule has 0 fully saturated rings. The number of carbonyl (C=O) groups is 1. The largest absolute Gasteiger partial charge is 0.503 e. The number of aromatic nitrogens is 2. The number of aliphatic imine (C=N–C) groups is 1. The number of nitrogens with zero attached hydrogens (tertiary/aromatic N) is 3. The number of halogens is 1. The summed E-state index contributed by atoms with van der Waals surface area (Å²) in [5, 5.41) is 16.7. The summed E-state index contributed by atoms with van der Waals surface area (Å²) in [6.07, 6.45) is 0.493. The molecule has 0 spiro atoms. The summed E-state index contributed by atoms with van der Waals surface area (Å²) < 4.78 is 18.0. The molecule has 2 rings (SSSR count). The molecule has 0 aliphatic rings. The van der Waals surface area contributed by atoms with Crippen molar-refractivity contribution in [2.45, 2.75) is 6.42 Å². The fraction of sp³-hybridized carbons (Fsp3) is 0.0769. The highest BCUT2D eigenvalue weighted by atomic mass is 19.1. The Bertz CT molecular complexity index is 662. The zero-order chi connectivity index (χ0) is 14.5. The van der Waals surface area contributed by atoms with Crippen LogP contribution in [-0.4, -0.2) is 28.3 Å². The molecule has 20 heavy (non-hydrogen) atoms. The first-order valence-corrected chi connectivity index (χ1v) is 5.56. The van der Waals surface area contributed by atoms with Gasteiger partial charge in [-0.25, -0.2) is 4.39 Å². The van der Waals surface area contributed by atoms with Crippen molar-refractivity contribution in [2.24, 2.45) is 4.99 Å². The van der Waals surface area contributed by atoms with Gasteiger partial charge in [-0.05, 0) is 24.4 Å². The minimum absolute atomic E-state index is 0.110. The Labute approximate surface area is 113 Å². The normalized spacial score (nSPS) is 11.8. The second-order valence-corrected chi connectivity index (χ2v) is 3.81. The molecule has 1 N–H and O–H groups in total. The highest BCUT2D eigenvalue weighted by Gasteiger charge is 2.15. The summed E-state index contributed by atoms with van der Waals surface area (Å²) in [5.41, 5.74) is 0.594. The minimum atomic E-state index is -0.642. The lowest BCUT2D eigenvalue weighted by atomic mass is 10.1. The van der Waals surface area contributed by atoms with Gasteiger partial charge in [0.05, 0.1) is 6.42 Å². The summed E-state index contributed by atoms with van der Waals surface area (Å²) in [6, 6.07) is 5.82. The van der Waals surface area contributed by atoms with Crippen molar-refractivity contribution in [3.05, 3.63) is 53.2 Å². The lowest BCUT2D eigenvalue weighted by Gasteiger charge is -1.97. The SMILES string of the molecule is C=N/C(=C(/O)C=O)c1nnc(Cc2ccc(F)cc2)o1. The van der Waals surface area contributed by atoms with Crippen molar-refractivity contribution in [1.82, 2.24) is 10.2 Å². The molecular weight excluding hydrogens is 265 g/mol. The van der Waals surface area contributed by atoms with E-state index in [-0.39, 0.29) is 29.6 Å². The van der Waals surface area contributed by atoms with Gasteiger partial charge in [-0.2, -0.15) is 0 Å². The number of carbonyl (C=O) groups excluding carboxylic acids is 1. The zero-order valence-electron chi connectivity index (χ0n) is 10.3. The molecule has 0 atom stereocenters. The lowest BCUT2D eigenvalue weighted by Crippen LogP contribution is -1.90. The Hall–Kier alpha value is -2.83. The zero-order valence-corrected chi connectivity index (χ0v) is 10.3. The fourth-order valence-corrected chi connectivity index (χ4v) is 1.51.